The lowest BCUT2D eigenvalue weighted by Gasteiger charge is -2.33. The van der Waals surface area contributed by atoms with E-state index in [0.717, 1.165) is 54.7 Å². The van der Waals surface area contributed by atoms with Gasteiger partial charge in [0.15, 0.2) is 23.0 Å². The van der Waals surface area contributed by atoms with Crippen molar-refractivity contribution in [3.8, 4) is 34.5 Å². The lowest BCUT2D eigenvalue weighted by atomic mass is 10.0. The molecule has 1 saturated heterocycles. The summed E-state index contributed by atoms with van der Waals surface area (Å²) in [5, 5.41) is 9.37. The molecule has 278 valence electrons. The summed E-state index contributed by atoms with van der Waals surface area (Å²) < 4.78 is 32.4. The van der Waals surface area contributed by atoms with Crippen molar-refractivity contribution >= 4 is 5.91 Å². The van der Waals surface area contributed by atoms with Crippen molar-refractivity contribution < 1.29 is 43.4 Å². The second kappa shape index (κ2) is 22.5. The molecule has 1 amide bonds. The highest BCUT2D eigenvalue weighted by Gasteiger charge is 2.24. The van der Waals surface area contributed by atoms with E-state index in [1.54, 1.807) is 35.5 Å². The fourth-order valence-corrected chi connectivity index (χ4v) is 5.70. The van der Waals surface area contributed by atoms with Gasteiger partial charge in [0.05, 0.1) is 48.1 Å². The monoisotopic (exact) mass is 697 g/mol. The van der Waals surface area contributed by atoms with Crippen molar-refractivity contribution in [1.29, 1.82) is 0 Å². The molecule has 1 aliphatic heterocycles. The summed E-state index contributed by atoms with van der Waals surface area (Å²) in [5.74, 6) is 4.03. The third-order valence-corrected chi connectivity index (χ3v) is 8.62. The van der Waals surface area contributed by atoms with Crippen LogP contribution in [0.5, 0.6) is 34.5 Å². The minimum Gasteiger partial charge on any atom is -0.493 e. The van der Waals surface area contributed by atoms with Gasteiger partial charge >= 0.3 is 0 Å². The molecule has 1 unspecified atom stereocenters. The SMILES string of the molecule is CC.CCC(C)Oc1cccc([C@@H](CCc2ccc(OC)c(OC)c2)OO)c1.COc1cc(CC(=O)N2CCCC[C@H]2C)cc(OC)c1OC. The fourth-order valence-electron chi connectivity index (χ4n) is 5.70. The van der Waals surface area contributed by atoms with Crippen LogP contribution in [0.1, 0.15) is 89.5 Å². The van der Waals surface area contributed by atoms with Crippen molar-refractivity contribution in [2.24, 2.45) is 0 Å². The first-order valence-electron chi connectivity index (χ1n) is 17.6. The Labute approximate surface area is 299 Å². The molecule has 3 aromatic rings. The molecular formula is C40H59NO9. The number of carbonyl (C=O) groups is 1. The van der Waals surface area contributed by atoms with Crippen molar-refractivity contribution in [1.82, 2.24) is 4.90 Å². The van der Waals surface area contributed by atoms with Crippen LogP contribution >= 0.6 is 0 Å². The summed E-state index contributed by atoms with van der Waals surface area (Å²) in [7, 11) is 7.96. The molecule has 3 aromatic carbocycles. The quantitative estimate of drug-likeness (QED) is 0.123. The average molecular weight is 698 g/mol. The number of amides is 1. The molecule has 1 heterocycles. The maximum atomic E-state index is 12.5. The minimum atomic E-state index is -0.427. The lowest BCUT2D eigenvalue weighted by Crippen LogP contribution is -2.42. The van der Waals surface area contributed by atoms with Crippen LogP contribution in [-0.4, -0.2) is 70.3 Å². The Balaban J connectivity index is 0.000000334. The van der Waals surface area contributed by atoms with Gasteiger partial charge < -0.3 is 33.3 Å². The van der Waals surface area contributed by atoms with Gasteiger partial charge in [0, 0.05) is 12.6 Å². The second-order valence-corrected chi connectivity index (χ2v) is 11.9. The Morgan fingerprint density at radius 2 is 1.48 bits per heavy atom. The number of piperidine rings is 1. The zero-order chi connectivity index (χ0) is 37.1. The molecular weight excluding hydrogens is 638 g/mol. The number of rotatable bonds is 15. The van der Waals surface area contributed by atoms with E-state index in [1.807, 2.05) is 80.3 Å². The third kappa shape index (κ3) is 12.3. The van der Waals surface area contributed by atoms with Crippen molar-refractivity contribution in [2.75, 3.05) is 42.1 Å². The molecule has 10 nitrogen and oxygen atoms in total. The van der Waals surface area contributed by atoms with Crippen LogP contribution in [0.4, 0.5) is 0 Å². The van der Waals surface area contributed by atoms with Crippen LogP contribution in [0.3, 0.4) is 0 Å². The smallest absolute Gasteiger partial charge is 0.227 e. The first-order chi connectivity index (χ1) is 24.2. The molecule has 0 spiro atoms. The van der Waals surface area contributed by atoms with E-state index in [1.165, 1.54) is 6.42 Å². The van der Waals surface area contributed by atoms with Gasteiger partial charge in [0.1, 0.15) is 11.9 Å². The van der Waals surface area contributed by atoms with Crippen LogP contribution in [0, 0.1) is 0 Å². The number of aryl methyl sites for hydroxylation is 1. The highest BCUT2D eigenvalue weighted by molar-refractivity contribution is 5.79. The number of likely N-dealkylation sites (tertiary alicyclic amines) is 1. The maximum absolute atomic E-state index is 12.5. The average Bonchev–Trinajstić information content (AvgIpc) is 3.15. The molecule has 1 N–H and O–H groups in total. The zero-order valence-corrected chi connectivity index (χ0v) is 31.7. The summed E-state index contributed by atoms with van der Waals surface area (Å²) in [4.78, 5) is 19.3. The number of nitrogens with zero attached hydrogens (tertiary/aromatic N) is 1. The van der Waals surface area contributed by atoms with E-state index in [-0.39, 0.29) is 12.0 Å². The number of methoxy groups -OCH3 is 5. The standard InChI is InChI=1S/C21H28O5.C17H25NO4.C2H6/c1-5-15(2)25-18-8-6-7-17(14-18)19(26-22)11-9-16-10-12-20(23-3)21(13-16)24-4;1-12-7-5-6-8-18(12)16(19)11-13-9-14(20-2)17(22-4)15(10-13)21-3;1-2/h6-8,10,12-15,19,22H,5,9,11H2,1-4H3;9-10,12H,5-8,11H2,1-4H3;1-2H3/t15?,19-;12-;/m11./s1. The van der Waals surface area contributed by atoms with Crippen molar-refractivity contribution in [2.45, 2.75) is 97.8 Å². The second-order valence-electron chi connectivity index (χ2n) is 11.9. The molecule has 1 aliphatic rings. The summed E-state index contributed by atoms with van der Waals surface area (Å²) in [6, 6.07) is 17.5. The van der Waals surface area contributed by atoms with Gasteiger partial charge in [-0.15, -0.1) is 0 Å². The topological polar surface area (TPSA) is 105 Å². The van der Waals surface area contributed by atoms with E-state index in [4.69, 9.17) is 33.3 Å². The molecule has 0 aromatic heterocycles. The molecule has 50 heavy (non-hydrogen) atoms. The Hall–Kier alpha value is -4.15. The Kier molecular flexibility index (Phi) is 18.9. The van der Waals surface area contributed by atoms with Crippen molar-refractivity contribution in [3.63, 3.8) is 0 Å². The van der Waals surface area contributed by atoms with Crippen LogP contribution < -0.4 is 28.4 Å². The first kappa shape index (κ1) is 42.0. The van der Waals surface area contributed by atoms with E-state index >= 15 is 0 Å². The van der Waals surface area contributed by atoms with Gasteiger partial charge in [-0.1, -0.05) is 39.0 Å². The summed E-state index contributed by atoms with van der Waals surface area (Å²) in [5.41, 5.74) is 2.84. The predicted molar refractivity (Wildman–Crippen MR) is 197 cm³/mol. The van der Waals surface area contributed by atoms with Gasteiger partial charge in [0.2, 0.25) is 11.7 Å². The Morgan fingerprint density at radius 3 is 2.04 bits per heavy atom. The summed E-state index contributed by atoms with van der Waals surface area (Å²) >= 11 is 0. The Morgan fingerprint density at radius 1 is 0.840 bits per heavy atom. The highest BCUT2D eigenvalue weighted by atomic mass is 17.1. The minimum absolute atomic E-state index is 0.144. The number of benzene rings is 3. The number of carbonyl (C=O) groups excluding carboxylic acids is 1. The van der Waals surface area contributed by atoms with Crippen LogP contribution in [0.15, 0.2) is 54.6 Å². The normalized spacial score (nSPS) is 14.9. The lowest BCUT2D eigenvalue weighted by molar-refractivity contribution is -0.283. The number of ether oxygens (including phenoxy) is 6. The van der Waals surface area contributed by atoms with E-state index < -0.39 is 6.10 Å². The molecule has 0 aliphatic carbocycles. The fraction of sp³-hybridized carbons (Fsp3) is 0.525. The Bertz CT molecular complexity index is 1400. The summed E-state index contributed by atoms with van der Waals surface area (Å²) in [6.07, 6.45) is 5.72. The van der Waals surface area contributed by atoms with E-state index in [2.05, 4.69) is 13.8 Å². The van der Waals surface area contributed by atoms with E-state index in [0.29, 0.717) is 47.6 Å². The largest absolute Gasteiger partial charge is 0.493 e. The molecule has 4 rings (SSSR count). The first-order valence-corrected chi connectivity index (χ1v) is 17.6. The van der Waals surface area contributed by atoms with Crippen molar-refractivity contribution in [3.05, 3.63) is 71.3 Å². The van der Waals surface area contributed by atoms with Gasteiger partial charge in [-0.3, -0.25) is 10.1 Å². The number of hydrogen-bond acceptors (Lipinski definition) is 9. The molecule has 3 atom stereocenters. The zero-order valence-electron chi connectivity index (χ0n) is 31.7. The van der Waals surface area contributed by atoms with E-state index in [9.17, 15) is 10.1 Å². The van der Waals surface area contributed by atoms with Gasteiger partial charge in [-0.05, 0) is 105 Å². The van der Waals surface area contributed by atoms with Crippen LogP contribution in [-0.2, 0) is 22.5 Å². The maximum Gasteiger partial charge on any atom is 0.227 e. The van der Waals surface area contributed by atoms with Gasteiger partial charge in [-0.25, -0.2) is 4.89 Å². The molecule has 10 heteroatoms. The molecule has 1 fully saturated rings. The number of hydrogen-bond donors (Lipinski definition) is 1. The molecule has 0 saturated carbocycles. The van der Waals surface area contributed by atoms with Gasteiger partial charge in [0.25, 0.3) is 0 Å². The molecule has 0 radical (unpaired) electrons. The predicted octanol–water partition coefficient (Wildman–Crippen LogP) is 8.73. The summed E-state index contributed by atoms with van der Waals surface area (Å²) in [6.45, 7) is 11.1. The third-order valence-electron chi connectivity index (χ3n) is 8.62. The van der Waals surface area contributed by atoms with Gasteiger partial charge in [-0.2, -0.15) is 0 Å². The van der Waals surface area contributed by atoms with Crippen LogP contribution in [0.25, 0.3) is 0 Å². The highest BCUT2D eigenvalue weighted by Crippen LogP contribution is 2.38. The molecule has 0 bridgehead atoms. The van der Waals surface area contributed by atoms with Crippen LogP contribution in [0.2, 0.25) is 0 Å².